The maximum Gasteiger partial charge on any atom is 0.259 e. The second-order valence-electron chi connectivity index (χ2n) is 6.15. The summed E-state index contributed by atoms with van der Waals surface area (Å²) in [6.45, 7) is 8.47. The van der Waals surface area contributed by atoms with Gasteiger partial charge in [0.2, 0.25) is 0 Å². The van der Waals surface area contributed by atoms with Crippen molar-refractivity contribution in [2.45, 2.75) is 34.1 Å². The highest BCUT2D eigenvalue weighted by Crippen LogP contribution is 2.21. The van der Waals surface area contributed by atoms with Gasteiger partial charge in [-0.2, -0.15) is 0 Å². The van der Waals surface area contributed by atoms with Crippen LogP contribution in [0.25, 0.3) is 0 Å². The Balaban J connectivity index is 3.15. The number of nitrogens with two attached hydrogens (primary N) is 1. The van der Waals surface area contributed by atoms with Crippen LogP contribution in [-0.2, 0) is 0 Å². The molecule has 0 aliphatic heterocycles. The molecule has 2 N–H and O–H groups in total. The predicted molar refractivity (Wildman–Crippen MR) is 80.1 cm³/mol. The van der Waals surface area contributed by atoms with Crippen LogP contribution in [0.2, 0.25) is 0 Å². The zero-order chi connectivity index (χ0) is 16.2. The Bertz CT molecular complexity index is 515. The third kappa shape index (κ3) is 4.24. The number of hydrogen-bond donors (Lipinski definition) is 1. The number of halogens is 2. The molecule has 0 radical (unpaired) electrons. The number of carbonyl (C=O) groups is 1. The fourth-order valence-electron chi connectivity index (χ4n) is 2.11. The minimum absolute atomic E-state index is 0.259. The van der Waals surface area contributed by atoms with Crippen molar-refractivity contribution in [1.29, 1.82) is 0 Å². The van der Waals surface area contributed by atoms with E-state index in [-0.39, 0.29) is 11.0 Å². The molecule has 0 aliphatic rings. The summed E-state index contributed by atoms with van der Waals surface area (Å²) < 4.78 is 28.0. The Kier molecular flexibility index (Phi) is 5.84. The van der Waals surface area contributed by atoms with E-state index in [4.69, 9.17) is 5.73 Å². The van der Waals surface area contributed by atoms with Crippen LogP contribution in [0.4, 0.5) is 8.78 Å². The van der Waals surface area contributed by atoms with Gasteiger partial charge in [0, 0.05) is 13.1 Å². The van der Waals surface area contributed by atoms with Crippen molar-refractivity contribution in [1.82, 2.24) is 4.90 Å². The number of hydrogen-bond acceptors (Lipinski definition) is 2. The monoisotopic (exact) mass is 298 g/mol. The molecule has 0 aromatic heterocycles. The molecule has 0 aliphatic carbocycles. The van der Waals surface area contributed by atoms with Gasteiger partial charge in [0.1, 0.15) is 17.2 Å². The lowest BCUT2D eigenvalue weighted by Crippen LogP contribution is -2.43. The van der Waals surface area contributed by atoms with Crippen LogP contribution in [0.5, 0.6) is 0 Å². The van der Waals surface area contributed by atoms with E-state index in [9.17, 15) is 13.6 Å². The second-order valence-corrected chi connectivity index (χ2v) is 6.15. The minimum atomic E-state index is -0.824. The molecule has 0 saturated heterocycles. The van der Waals surface area contributed by atoms with Gasteiger partial charge < -0.3 is 10.6 Å². The highest BCUT2D eigenvalue weighted by atomic mass is 19.1. The summed E-state index contributed by atoms with van der Waals surface area (Å²) in [5.74, 6) is -2.22. The molecule has 118 valence electrons. The van der Waals surface area contributed by atoms with Crippen molar-refractivity contribution in [2.75, 3.05) is 19.6 Å². The largest absolute Gasteiger partial charge is 0.338 e. The third-order valence-electron chi connectivity index (χ3n) is 3.45. The molecular formula is C16H24F2N2O. The zero-order valence-electron chi connectivity index (χ0n) is 13.2. The number of nitrogens with zero attached hydrogens (tertiary/aromatic N) is 1. The summed E-state index contributed by atoms with van der Waals surface area (Å²) in [4.78, 5) is 14.0. The molecule has 3 nitrogen and oxygen atoms in total. The quantitative estimate of drug-likeness (QED) is 0.877. The Morgan fingerprint density at radius 2 is 1.95 bits per heavy atom. The first kappa shape index (κ1) is 17.6. The first-order valence-corrected chi connectivity index (χ1v) is 7.17. The predicted octanol–water partition coefficient (Wildman–Crippen LogP) is 3.11. The van der Waals surface area contributed by atoms with E-state index in [1.54, 1.807) is 0 Å². The molecule has 0 heterocycles. The van der Waals surface area contributed by atoms with Crippen LogP contribution >= 0.6 is 0 Å². The summed E-state index contributed by atoms with van der Waals surface area (Å²) in [6.07, 6.45) is 0.710. The van der Waals surface area contributed by atoms with Gasteiger partial charge >= 0.3 is 0 Å². The smallest absolute Gasteiger partial charge is 0.259 e. The van der Waals surface area contributed by atoms with Crippen molar-refractivity contribution < 1.29 is 13.6 Å². The standard InChI is InChI=1S/C16H24F2N2O/c1-5-8-20(10-16(3,4)9-19)15(21)13-12(17)7-6-11(2)14(13)18/h6-7H,5,8-10,19H2,1-4H3. The van der Waals surface area contributed by atoms with Crippen LogP contribution in [0.15, 0.2) is 12.1 Å². The zero-order valence-corrected chi connectivity index (χ0v) is 13.2. The van der Waals surface area contributed by atoms with Crippen molar-refractivity contribution in [3.63, 3.8) is 0 Å². The third-order valence-corrected chi connectivity index (χ3v) is 3.45. The SMILES string of the molecule is CCCN(CC(C)(C)CN)C(=O)c1c(F)ccc(C)c1F. The summed E-state index contributed by atoms with van der Waals surface area (Å²) >= 11 is 0. The highest BCUT2D eigenvalue weighted by Gasteiger charge is 2.28. The van der Waals surface area contributed by atoms with E-state index >= 15 is 0 Å². The molecule has 1 rings (SSSR count). The molecule has 0 saturated carbocycles. The van der Waals surface area contributed by atoms with E-state index in [1.807, 2.05) is 20.8 Å². The van der Waals surface area contributed by atoms with E-state index < -0.39 is 23.1 Å². The lowest BCUT2D eigenvalue weighted by Gasteiger charge is -2.32. The molecule has 1 aromatic rings. The van der Waals surface area contributed by atoms with Crippen LogP contribution in [0.3, 0.4) is 0 Å². The van der Waals surface area contributed by atoms with Crippen molar-refractivity contribution in [3.8, 4) is 0 Å². The molecular weight excluding hydrogens is 274 g/mol. The first-order valence-electron chi connectivity index (χ1n) is 7.17. The van der Waals surface area contributed by atoms with Gasteiger partial charge in [-0.05, 0) is 36.9 Å². The van der Waals surface area contributed by atoms with Crippen molar-refractivity contribution in [3.05, 3.63) is 34.9 Å². The van der Waals surface area contributed by atoms with Crippen LogP contribution in [0.1, 0.15) is 43.1 Å². The maximum atomic E-state index is 14.1. The number of amides is 1. The van der Waals surface area contributed by atoms with Gasteiger partial charge in [0.25, 0.3) is 5.91 Å². The van der Waals surface area contributed by atoms with Crippen molar-refractivity contribution in [2.24, 2.45) is 11.1 Å². The second kappa shape index (κ2) is 6.98. The van der Waals surface area contributed by atoms with E-state index in [2.05, 4.69) is 0 Å². The number of carbonyl (C=O) groups excluding carboxylic acids is 1. The summed E-state index contributed by atoms with van der Waals surface area (Å²) in [7, 11) is 0. The normalized spacial score (nSPS) is 11.6. The molecule has 21 heavy (non-hydrogen) atoms. The fraction of sp³-hybridized carbons (Fsp3) is 0.562. The van der Waals surface area contributed by atoms with Gasteiger partial charge in [0.05, 0.1) is 0 Å². The molecule has 1 amide bonds. The van der Waals surface area contributed by atoms with Crippen molar-refractivity contribution >= 4 is 5.91 Å². The average Bonchev–Trinajstić information content (AvgIpc) is 2.42. The van der Waals surface area contributed by atoms with Crippen LogP contribution in [0, 0.1) is 24.0 Å². The Morgan fingerprint density at radius 3 is 2.48 bits per heavy atom. The fourth-order valence-corrected chi connectivity index (χ4v) is 2.11. The molecule has 0 bridgehead atoms. The first-order chi connectivity index (χ1) is 9.73. The molecule has 1 aromatic carbocycles. The highest BCUT2D eigenvalue weighted by molar-refractivity contribution is 5.95. The van der Waals surface area contributed by atoms with E-state index in [1.165, 1.54) is 17.9 Å². The Hall–Kier alpha value is -1.49. The van der Waals surface area contributed by atoms with Gasteiger partial charge in [-0.25, -0.2) is 8.78 Å². The van der Waals surface area contributed by atoms with E-state index in [0.29, 0.717) is 26.1 Å². The Morgan fingerprint density at radius 1 is 1.33 bits per heavy atom. The van der Waals surface area contributed by atoms with Gasteiger partial charge in [0.15, 0.2) is 0 Å². The Labute approximate surface area is 125 Å². The lowest BCUT2D eigenvalue weighted by molar-refractivity contribution is 0.0679. The van der Waals surface area contributed by atoms with Gasteiger partial charge in [-0.3, -0.25) is 4.79 Å². The number of rotatable bonds is 6. The van der Waals surface area contributed by atoms with Crippen LogP contribution in [-0.4, -0.2) is 30.4 Å². The maximum absolute atomic E-state index is 14.1. The van der Waals surface area contributed by atoms with Crippen LogP contribution < -0.4 is 5.73 Å². The number of benzene rings is 1. The lowest BCUT2D eigenvalue weighted by atomic mass is 9.92. The molecule has 0 atom stereocenters. The molecule has 5 heteroatoms. The van der Waals surface area contributed by atoms with E-state index in [0.717, 1.165) is 6.07 Å². The molecule has 0 fully saturated rings. The van der Waals surface area contributed by atoms with Gasteiger partial charge in [-0.15, -0.1) is 0 Å². The summed E-state index contributed by atoms with van der Waals surface area (Å²) in [5, 5.41) is 0. The summed E-state index contributed by atoms with van der Waals surface area (Å²) in [5.41, 5.74) is 5.17. The topological polar surface area (TPSA) is 46.3 Å². The number of aryl methyl sites for hydroxylation is 1. The summed E-state index contributed by atoms with van der Waals surface area (Å²) in [6, 6.07) is 2.46. The molecule has 0 spiro atoms. The molecule has 0 unspecified atom stereocenters. The minimum Gasteiger partial charge on any atom is -0.338 e. The van der Waals surface area contributed by atoms with Gasteiger partial charge in [-0.1, -0.05) is 26.8 Å². The average molecular weight is 298 g/mol.